The molecule has 2 saturated heterocycles. The highest BCUT2D eigenvalue weighted by Crippen LogP contribution is 2.28. The van der Waals surface area contributed by atoms with Gasteiger partial charge in [-0.2, -0.15) is 0 Å². The Balaban J connectivity index is 1.25. The average molecular weight is 525 g/mol. The summed E-state index contributed by atoms with van der Waals surface area (Å²) in [6, 6.07) is 21.3. The molecule has 0 radical (unpaired) electrons. The van der Waals surface area contributed by atoms with Crippen molar-refractivity contribution in [2.24, 2.45) is 0 Å². The summed E-state index contributed by atoms with van der Waals surface area (Å²) in [5.41, 5.74) is 2.57. The van der Waals surface area contributed by atoms with Gasteiger partial charge in [-0.05, 0) is 30.2 Å². The normalized spacial score (nSPS) is 20.4. The van der Waals surface area contributed by atoms with Crippen molar-refractivity contribution >= 4 is 23.2 Å². The molecule has 0 saturated carbocycles. The molecule has 37 heavy (non-hydrogen) atoms. The van der Waals surface area contributed by atoms with Gasteiger partial charge in [0.25, 0.3) is 0 Å². The Hall–Kier alpha value is -3.00. The van der Waals surface area contributed by atoms with Crippen molar-refractivity contribution in [3.63, 3.8) is 0 Å². The molecule has 0 aromatic heterocycles. The first-order valence-electron chi connectivity index (χ1n) is 12.7. The van der Waals surface area contributed by atoms with Crippen LogP contribution in [0.3, 0.4) is 0 Å². The van der Waals surface area contributed by atoms with E-state index in [9.17, 15) is 13.6 Å². The molecule has 2 aliphatic rings. The second kappa shape index (κ2) is 11.6. The van der Waals surface area contributed by atoms with Gasteiger partial charge in [0, 0.05) is 63.5 Å². The highest BCUT2D eigenvalue weighted by atomic mass is 35.5. The summed E-state index contributed by atoms with van der Waals surface area (Å²) in [4.78, 5) is 20.1. The molecule has 0 bridgehead atoms. The summed E-state index contributed by atoms with van der Waals surface area (Å²) < 4.78 is 27.4. The molecular formula is C29H31ClF2N4O. The molecule has 5 rings (SSSR count). The van der Waals surface area contributed by atoms with Gasteiger partial charge in [-0.3, -0.25) is 9.69 Å². The summed E-state index contributed by atoms with van der Waals surface area (Å²) >= 11 is 6.39. The second-order valence-electron chi connectivity index (χ2n) is 9.74. The predicted molar refractivity (Wildman–Crippen MR) is 142 cm³/mol. The van der Waals surface area contributed by atoms with Crippen molar-refractivity contribution in [3.05, 3.63) is 101 Å². The topological polar surface area (TPSA) is 38.8 Å². The molecule has 0 aliphatic carbocycles. The number of piperazine rings is 1. The standard InChI is InChI=1S/C29H31ClF2N4O/c30-25-8-4-5-9-27(25)34-12-14-35(15-13-34)29(37)28-17-24(20-36(28)19-21-6-2-1-3-7-21)33-18-22-10-11-23(31)16-26(22)32/h1-11,16,24,28,33H,12-15,17-20H2. The molecule has 5 nitrogen and oxygen atoms in total. The van der Waals surface area contributed by atoms with Gasteiger partial charge in [-0.1, -0.05) is 60.1 Å². The lowest BCUT2D eigenvalue weighted by Gasteiger charge is -2.38. The Morgan fingerprint density at radius 1 is 0.946 bits per heavy atom. The van der Waals surface area contributed by atoms with Gasteiger partial charge in [0.1, 0.15) is 11.6 Å². The van der Waals surface area contributed by atoms with E-state index >= 15 is 0 Å². The largest absolute Gasteiger partial charge is 0.367 e. The lowest BCUT2D eigenvalue weighted by Crippen LogP contribution is -2.53. The summed E-state index contributed by atoms with van der Waals surface area (Å²) in [5.74, 6) is -1.01. The lowest BCUT2D eigenvalue weighted by atomic mass is 10.1. The summed E-state index contributed by atoms with van der Waals surface area (Å²) in [5, 5.41) is 4.12. The van der Waals surface area contributed by atoms with Crippen LogP contribution >= 0.6 is 11.6 Å². The number of para-hydroxylation sites is 1. The van der Waals surface area contributed by atoms with Gasteiger partial charge in [0.15, 0.2) is 0 Å². The predicted octanol–water partition coefficient (Wildman–Crippen LogP) is 4.70. The van der Waals surface area contributed by atoms with Crippen LogP contribution in [0.4, 0.5) is 14.5 Å². The molecule has 194 valence electrons. The molecule has 3 aromatic carbocycles. The molecule has 2 atom stereocenters. The molecule has 3 aromatic rings. The molecule has 8 heteroatoms. The number of anilines is 1. The number of carbonyl (C=O) groups is 1. The number of nitrogens with one attached hydrogen (secondary N) is 1. The Kier molecular flexibility index (Phi) is 8.03. The van der Waals surface area contributed by atoms with E-state index in [0.717, 1.165) is 35.4 Å². The van der Waals surface area contributed by atoms with Crippen LogP contribution < -0.4 is 10.2 Å². The zero-order chi connectivity index (χ0) is 25.8. The maximum absolute atomic E-state index is 14.2. The monoisotopic (exact) mass is 524 g/mol. The van der Waals surface area contributed by atoms with Crippen LogP contribution in [0, 0.1) is 11.6 Å². The van der Waals surface area contributed by atoms with Crippen molar-refractivity contribution in [1.29, 1.82) is 0 Å². The van der Waals surface area contributed by atoms with Crippen LogP contribution in [-0.4, -0.2) is 60.5 Å². The van der Waals surface area contributed by atoms with Crippen LogP contribution in [-0.2, 0) is 17.9 Å². The summed E-state index contributed by atoms with van der Waals surface area (Å²) in [7, 11) is 0. The van der Waals surface area contributed by atoms with Gasteiger partial charge in [0.05, 0.1) is 16.8 Å². The third-order valence-electron chi connectivity index (χ3n) is 7.30. The number of likely N-dealkylation sites (tertiary alicyclic amines) is 1. The molecule has 1 amide bonds. The first-order chi connectivity index (χ1) is 18.0. The zero-order valence-corrected chi connectivity index (χ0v) is 21.4. The summed E-state index contributed by atoms with van der Waals surface area (Å²) in [6.07, 6.45) is 0.638. The maximum atomic E-state index is 14.2. The number of hydrogen-bond acceptors (Lipinski definition) is 4. The number of nitrogens with zero attached hydrogens (tertiary/aromatic N) is 3. The zero-order valence-electron chi connectivity index (χ0n) is 20.6. The molecule has 2 unspecified atom stereocenters. The van der Waals surface area contributed by atoms with Gasteiger partial charge in [-0.25, -0.2) is 8.78 Å². The van der Waals surface area contributed by atoms with Crippen molar-refractivity contribution in [3.8, 4) is 0 Å². The minimum Gasteiger partial charge on any atom is -0.367 e. The first kappa shape index (κ1) is 25.6. The highest BCUT2D eigenvalue weighted by Gasteiger charge is 2.39. The Morgan fingerprint density at radius 3 is 2.41 bits per heavy atom. The fraction of sp³-hybridized carbons (Fsp3) is 0.345. The van der Waals surface area contributed by atoms with E-state index in [1.54, 1.807) is 0 Å². The second-order valence-corrected chi connectivity index (χ2v) is 10.2. The Labute approximate surface area is 221 Å². The molecule has 2 aliphatic heterocycles. The van der Waals surface area contributed by atoms with E-state index in [4.69, 9.17) is 11.6 Å². The van der Waals surface area contributed by atoms with Crippen molar-refractivity contribution in [1.82, 2.24) is 15.1 Å². The third kappa shape index (κ3) is 6.12. The van der Waals surface area contributed by atoms with Crippen LogP contribution in [0.15, 0.2) is 72.8 Å². The first-order valence-corrected chi connectivity index (χ1v) is 13.1. The van der Waals surface area contributed by atoms with Gasteiger partial charge >= 0.3 is 0 Å². The number of amides is 1. The molecule has 1 N–H and O–H groups in total. The van der Waals surface area contributed by atoms with E-state index in [1.165, 1.54) is 12.1 Å². The van der Waals surface area contributed by atoms with Crippen molar-refractivity contribution in [2.45, 2.75) is 31.6 Å². The van der Waals surface area contributed by atoms with E-state index in [2.05, 4.69) is 27.2 Å². The van der Waals surface area contributed by atoms with Crippen molar-refractivity contribution in [2.75, 3.05) is 37.6 Å². The quantitative estimate of drug-likeness (QED) is 0.486. The van der Waals surface area contributed by atoms with E-state index in [-0.39, 0.29) is 24.5 Å². The average Bonchev–Trinajstić information content (AvgIpc) is 3.31. The number of carbonyl (C=O) groups excluding carboxylic acids is 1. The van der Waals surface area contributed by atoms with Crippen LogP contribution in [0.2, 0.25) is 5.02 Å². The molecular weight excluding hydrogens is 494 g/mol. The number of benzene rings is 3. The van der Waals surface area contributed by atoms with Crippen LogP contribution in [0.1, 0.15) is 17.5 Å². The maximum Gasteiger partial charge on any atom is 0.240 e. The van der Waals surface area contributed by atoms with Gasteiger partial charge in [-0.15, -0.1) is 0 Å². The number of hydrogen-bond donors (Lipinski definition) is 1. The lowest BCUT2D eigenvalue weighted by molar-refractivity contribution is -0.136. The third-order valence-corrected chi connectivity index (χ3v) is 7.62. The van der Waals surface area contributed by atoms with E-state index in [0.29, 0.717) is 38.2 Å². The van der Waals surface area contributed by atoms with Crippen LogP contribution in [0.25, 0.3) is 0 Å². The van der Waals surface area contributed by atoms with E-state index < -0.39 is 11.6 Å². The fourth-order valence-corrected chi connectivity index (χ4v) is 5.56. The number of halogens is 3. The molecule has 2 fully saturated rings. The highest BCUT2D eigenvalue weighted by molar-refractivity contribution is 6.33. The smallest absolute Gasteiger partial charge is 0.240 e. The fourth-order valence-electron chi connectivity index (χ4n) is 5.31. The SMILES string of the molecule is O=C(C1CC(NCc2ccc(F)cc2F)CN1Cc1ccccc1)N1CCN(c2ccccc2Cl)CC1. The van der Waals surface area contributed by atoms with E-state index in [1.807, 2.05) is 47.4 Å². The molecule has 2 heterocycles. The minimum absolute atomic E-state index is 0.0199. The van der Waals surface area contributed by atoms with Gasteiger partial charge < -0.3 is 15.1 Å². The molecule has 0 spiro atoms. The Bertz CT molecular complexity index is 1220. The van der Waals surface area contributed by atoms with Crippen molar-refractivity contribution < 1.29 is 13.6 Å². The Morgan fingerprint density at radius 2 is 1.68 bits per heavy atom. The minimum atomic E-state index is -0.587. The summed E-state index contributed by atoms with van der Waals surface area (Å²) in [6.45, 7) is 4.36. The number of rotatable bonds is 7. The van der Waals surface area contributed by atoms with Gasteiger partial charge in [0.2, 0.25) is 5.91 Å². The van der Waals surface area contributed by atoms with Crippen LogP contribution in [0.5, 0.6) is 0 Å².